The normalized spacial score (nSPS) is 15.2. The molecule has 0 unspecified atom stereocenters. The number of para-hydroxylation sites is 1. The summed E-state index contributed by atoms with van der Waals surface area (Å²) in [5.41, 5.74) is 0.611. The van der Waals surface area contributed by atoms with E-state index in [9.17, 15) is 4.79 Å². The molecule has 1 aliphatic rings. The van der Waals surface area contributed by atoms with E-state index >= 15 is 0 Å². The Hall–Kier alpha value is -2.63. The van der Waals surface area contributed by atoms with Crippen molar-refractivity contribution in [3.63, 3.8) is 0 Å². The molecular formula is C17H20N4O2. The fraction of sp³-hybridized carbons (Fsp3) is 0.353. The van der Waals surface area contributed by atoms with Crippen molar-refractivity contribution in [3.05, 3.63) is 48.3 Å². The van der Waals surface area contributed by atoms with Gasteiger partial charge < -0.3 is 14.5 Å². The van der Waals surface area contributed by atoms with Gasteiger partial charge in [0, 0.05) is 38.6 Å². The summed E-state index contributed by atoms with van der Waals surface area (Å²) >= 11 is 0. The van der Waals surface area contributed by atoms with Crippen molar-refractivity contribution in [1.29, 1.82) is 0 Å². The number of carbonyl (C=O) groups excluding carboxylic acids is 1. The number of nitrogens with zero attached hydrogens (tertiary/aromatic N) is 4. The summed E-state index contributed by atoms with van der Waals surface area (Å²) in [4.78, 5) is 25.3. The predicted octanol–water partition coefficient (Wildman–Crippen LogP) is 1.84. The highest BCUT2D eigenvalue weighted by Crippen LogP contribution is 2.20. The maximum atomic E-state index is 12.8. The van der Waals surface area contributed by atoms with Crippen LogP contribution in [-0.4, -0.2) is 54.1 Å². The van der Waals surface area contributed by atoms with Gasteiger partial charge in [-0.3, -0.25) is 4.79 Å². The van der Waals surface area contributed by atoms with Crippen LogP contribution in [0.3, 0.4) is 0 Å². The topological polar surface area (TPSA) is 58.6 Å². The van der Waals surface area contributed by atoms with Crippen molar-refractivity contribution in [3.8, 4) is 5.75 Å². The predicted molar refractivity (Wildman–Crippen MR) is 87.8 cm³/mol. The summed E-state index contributed by atoms with van der Waals surface area (Å²) in [6.07, 6.45) is 4.37. The van der Waals surface area contributed by atoms with Gasteiger partial charge in [0.25, 0.3) is 5.91 Å². The molecule has 120 valence electrons. The second-order valence-corrected chi connectivity index (χ2v) is 5.38. The van der Waals surface area contributed by atoms with E-state index in [0.717, 1.165) is 32.0 Å². The number of ether oxygens (including phenoxy) is 1. The molecule has 0 radical (unpaired) electrons. The minimum absolute atomic E-state index is 0.0123. The molecule has 1 fully saturated rings. The fourth-order valence-corrected chi connectivity index (χ4v) is 2.77. The maximum absolute atomic E-state index is 12.8. The third-order valence-corrected chi connectivity index (χ3v) is 3.96. The lowest BCUT2D eigenvalue weighted by Gasteiger charge is -2.22. The molecule has 1 amide bonds. The molecule has 0 saturated carbocycles. The van der Waals surface area contributed by atoms with Crippen LogP contribution in [0.2, 0.25) is 0 Å². The molecule has 0 bridgehead atoms. The second-order valence-electron chi connectivity index (χ2n) is 5.38. The highest BCUT2D eigenvalue weighted by molar-refractivity contribution is 5.97. The van der Waals surface area contributed by atoms with Crippen molar-refractivity contribution in [1.82, 2.24) is 14.9 Å². The number of hydrogen-bond acceptors (Lipinski definition) is 5. The first-order valence-corrected chi connectivity index (χ1v) is 7.74. The van der Waals surface area contributed by atoms with Gasteiger partial charge in [-0.15, -0.1) is 0 Å². The molecule has 6 heteroatoms. The van der Waals surface area contributed by atoms with Gasteiger partial charge in [-0.05, 0) is 24.6 Å². The number of carbonyl (C=O) groups is 1. The van der Waals surface area contributed by atoms with E-state index in [1.54, 1.807) is 25.6 Å². The van der Waals surface area contributed by atoms with Crippen LogP contribution in [0, 0.1) is 0 Å². The van der Waals surface area contributed by atoms with Crippen LogP contribution in [-0.2, 0) is 0 Å². The van der Waals surface area contributed by atoms with Gasteiger partial charge in [0.1, 0.15) is 5.75 Å². The number of amides is 1. The summed E-state index contributed by atoms with van der Waals surface area (Å²) in [7, 11) is 1.59. The average Bonchev–Trinajstić information content (AvgIpc) is 2.88. The average molecular weight is 312 g/mol. The molecule has 23 heavy (non-hydrogen) atoms. The molecule has 1 aliphatic heterocycles. The quantitative estimate of drug-likeness (QED) is 0.865. The van der Waals surface area contributed by atoms with Gasteiger partial charge in [0.15, 0.2) is 0 Å². The second kappa shape index (κ2) is 7.09. The van der Waals surface area contributed by atoms with E-state index in [2.05, 4.69) is 14.9 Å². The number of aromatic nitrogens is 2. The lowest BCUT2D eigenvalue weighted by Crippen LogP contribution is -2.35. The Kier molecular flexibility index (Phi) is 4.71. The first-order valence-electron chi connectivity index (χ1n) is 7.74. The van der Waals surface area contributed by atoms with Crippen LogP contribution in [0.15, 0.2) is 42.7 Å². The molecule has 0 spiro atoms. The third-order valence-electron chi connectivity index (χ3n) is 3.96. The van der Waals surface area contributed by atoms with Crippen LogP contribution >= 0.6 is 0 Å². The van der Waals surface area contributed by atoms with E-state index in [1.165, 1.54) is 0 Å². The van der Waals surface area contributed by atoms with Gasteiger partial charge in [0.2, 0.25) is 5.95 Å². The van der Waals surface area contributed by atoms with Crippen molar-refractivity contribution in [2.75, 3.05) is 38.2 Å². The van der Waals surface area contributed by atoms with Crippen molar-refractivity contribution < 1.29 is 9.53 Å². The summed E-state index contributed by atoms with van der Waals surface area (Å²) in [5.74, 6) is 1.35. The zero-order valence-corrected chi connectivity index (χ0v) is 13.2. The van der Waals surface area contributed by atoms with Gasteiger partial charge >= 0.3 is 0 Å². The van der Waals surface area contributed by atoms with Crippen LogP contribution in [0.1, 0.15) is 16.8 Å². The molecule has 6 nitrogen and oxygen atoms in total. The zero-order valence-electron chi connectivity index (χ0n) is 13.2. The molecule has 1 saturated heterocycles. The molecule has 2 heterocycles. The molecule has 0 aliphatic carbocycles. The van der Waals surface area contributed by atoms with E-state index in [4.69, 9.17) is 4.74 Å². The summed E-state index contributed by atoms with van der Waals surface area (Å²) in [5, 5.41) is 0. The van der Waals surface area contributed by atoms with Crippen molar-refractivity contribution >= 4 is 11.9 Å². The van der Waals surface area contributed by atoms with Crippen molar-refractivity contribution in [2.24, 2.45) is 0 Å². The number of methoxy groups -OCH3 is 1. The fourth-order valence-electron chi connectivity index (χ4n) is 2.77. The Balaban J connectivity index is 1.71. The zero-order chi connectivity index (χ0) is 16.1. The van der Waals surface area contributed by atoms with E-state index in [1.807, 2.05) is 29.2 Å². The smallest absolute Gasteiger partial charge is 0.257 e. The number of rotatable bonds is 3. The Labute approximate surface area is 135 Å². The maximum Gasteiger partial charge on any atom is 0.257 e. The van der Waals surface area contributed by atoms with Crippen LogP contribution < -0.4 is 9.64 Å². The highest BCUT2D eigenvalue weighted by atomic mass is 16.5. The van der Waals surface area contributed by atoms with Gasteiger partial charge in [-0.25, -0.2) is 9.97 Å². The summed E-state index contributed by atoms with van der Waals surface area (Å²) in [6.45, 7) is 2.94. The van der Waals surface area contributed by atoms with E-state index in [-0.39, 0.29) is 5.91 Å². The summed E-state index contributed by atoms with van der Waals surface area (Å²) < 4.78 is 5.30. The van der Waals surface area contributed by atoms with Crippen molar-refractivity contribution in [2.45, 2.75) is 6.42 Å². The Morgan fingerprint density at radius 1 is 1.04 bits per heavy atom. The lowest BCUT2D eigenvalue weighted by molar-refractivity contribution is 0.0763. The third kappa shape index (κ3) is 3.41. The first kappa shape index (κ1) is 15.3. The van der Waals surface area contributed by atoms with Gasteiger partial charge in [-0.1, -0.05) is 12.1 Å². The molecule has 1 aromatic carbocycles. The minimum atomic E-state index is 0.0123. The Bertz CT molecular complexity index is 663. The molecular weight excluding hydrogens is 292 g/mol. The largest absolute Gasteiger partial charge is 0.496 e. The van der Waals surface area contributed by atoms with E-state index < -0.39 is 0 Å². The molecule has 1 aromatic heterocycles. The van der Waals surface area contributed by atoms with Crippen LogP contribution in [0.25, 0.3) is 0 Å². The molecule has 3 rings (SSSR count). The van der Waals surface area contributed by atoms with Gasteiger partial charge in [0.05, 0.1) is 12.7 Å². The SMILES string of the molecule is COc1ccccc1C(=O)N1CCCN(c2ncccn2)CC1. The molecule has 2 aromatic rings. The standard InChI is InChI=1S/C17H20N4O2/c1-23-15-7-3-2-6-14(15)16(22)20-10-5-11-21(13-12-20)17-18-8-4-9-19-17/h2-4,6-9H,5,10-13H2,1H3. The highest BCUT2D eigenvalue weighted by Gasteiger charge is 2.23. The summed E-state index contributed by atoms with van der Waals surface area (Å²) in [6, 6.07) is 9.16. The van der Waals surface area contributed by atoms with E-state index in [0.29, 0.717) is 17.9 Å². The molecule has 0 N–H and O–H groups in total. The lowest BCUT2D eigenvalue weighted by atomic mass is 10.1. The first-order chi connectivity index (χ1) is 11.3. The van der Waals surface area contributed by atoms with Crippen LogP contribution in [0.5, 0.6) is 5.75 Å². The number of anilines is 1. The number of hydrogen-bond donors (Lipinski definition) is 0. The monoisotopic (exact) mass is 312 g/mol. The van der Waals surface area contributed by atoms with Crippen LogP contribution in [0.4, 0.5) is 5.95 Å². The Morgan fingerprint density at radius 3 is 2.61 bits per heavy atom. The van der Waals surface area contributed by atoms with Gasteiger partial charge in [-0.2, -0.15) is 0 Å². The molecule has 0 atom stereocenters. The number of benzene rings is 1. The minimum Gasteiger partial charge on any atom is -0.496 e. The Morgan fingerprint density at radius 2 is 1.83 bits per heavy atom.